The molecule has 2 aromatic rings. The SMILES string of the molecule is COC(C)(C)CCNc1cccc2c(O)cccc12. The lowest BCUT2D eigenvalue weighted by Crippen LogP contribution is -2.25. The van der Waals surface area contributed by atoms with Crippen LogP contribution in [0.25, 0.3) is 10.8 Å². The van der Waals surface area contributed by atoms with Crippen LogP contribution in [0.4, 0.5) is 5.69 Å². The van der Waals surface area contributed by atoms with Gasteiger partial charge < -0.3 is 15.2 Å². The first kappa shape index (κ1) is 13.7. The van der Waals surface area contributed by atoms with Crippen LogP contribution in [-0.2, 0) is 4.74 Å². The minimum Gasteiger partial charge on any atom is -0.507 e. The smallest absolute Gasteiger partial charge is 0.123 e. The highest BCUT2D eigenvalue weighted by Gasteiger charge is 2.15. The van der Waals surface area contributed by atoms with E-state index in [-0.39, 0.29) is 5.60 Å². The van der Waals surface area contributed by atoms with Crippen molar-refractivity contribution in [3.05, 3.63) is 36.4 Å². The van der Waals surface area contributed by atoms with Gasteiger partial charge >= 0.3 is 0 Å². The summed E-state index contributed by atoms with van der Waals surface area (Å²) in [6.45, 7) is 4.98. The molecule has 0 saturated heterocycles. The van der Waals surface area contributed by atoms with Gasteiger partial charge in [0.05, 0.1) is 5.60 Å². The van der Waals surface area contributed by atoms with Crippen LogP contribution in [0.2, 0.25) is 0 Å². The molecule has 102 valence electrons. The van der Waals surface area contributed by atoms with Crippen LogP contribution in [0.3, 0.4) is 0 Å². The fourth-order valence-corrected chi connectivity index (χ4v) is 2.05. The molecule has 0 aliphatic carbocycles. The van der Waals surface area contributed by atoms with Crippen molar-refractivity contribution >= 4 is 16.5 Å². The van der Waals surface area contributed by atoms with E-state index in [4.69, 9.17) is 4.74 Å². The molecule has 0 aliphatic heterocycles. The number of anilines is 1. The Kier molecular flexibility index (Phi) is 3.96. The van der Waals surface area contributed by atoms with Gasteiger partial charge in [0, 0.05) is 30.1 Å². The van der Waals surface area contributed by atoms with Gasteiger partial charge in [0.2, 0.25) is 0 Å². The van der Waals surface area contributed by atoms with Crippen LogP contribution in [-0.4, -0.2) is 24.4 Å². The Bertz CT molecular complexity index is 564. The lowest BCUT2D eigenvalue weighted by atomic mass is 10.0. The Morgan fingerprint density at radius 2 is 1.79 bits per heavy atom. The van der Waals surface area contributed by atoms with E-state index < -0.39 is 0 Å². The van der Waals surface area contributed by atoms with Crippen LogP contribution >= 0.6 is 0 Å². The van der Waals surface area contributed by atoms with Gasteiger partial charge in [-0.3, -0.25) is 0 Å². The van der Waals surface area contributed by atoms with Crippen molar-refractivity contribution in [1.82, 2.24) is 0 Å². The summed E-state index contributed by atoms with van der Waals surface area (Å²) in [4.78, 5) is 0. The second kappa shape index (κ2) is 5.49. The molecule has 3 heteroatoms. The molecule has 0 bridgehead atoms. The van der Waals surface area contributed by atoms with Gasteiger partial charge in [-0.15, -0.1) is 0 Å². The molecule has 0 aromatic heterocycles. The van der Waals surface area contributed by atoms with Crippen LogP contribution < -0.4 is 5.32 Å². The molecule has 2 aromatic carbocycles. The van der Waals surface area contributed by atoms with Gasteiger partial charge in [0.1, 0.15) is 5.75 Å². The highest BCUT2D eigenvalue weighted by molar-refractivity contribution is 5.97. The standard InChI is InChI=1S/C16H21NO2/c1-16(2,19-3)10-11-17-14-8-4-7-13-12(14)6-5-9-15(13)18/h4-9,17-18H,10-11H2,1-3H3. The summed E-state index contributed by atoms with van der Waals surface area (Å²) in [5.41, 5.74) is 0.917. The van der Waals surface area contributed by atoms with Gasteiger partial charge in [-0.05, 0) is 32.4 Å². The van der Waals surface area contributed by atoms with Crippen LogP contribution in [0.5, 0.6) is 5.75 Å². The second-order valence-corrected chi connectivity index (χ2v) is 5.32. The lowest BCUT2D eigenvalue weighted by molar-refractivity contribution is 0.0185. The quantitative estimate of drug-likeness (QED) is 0.858. The van der Waals surface area contributed by atoms with Crippen LogP contribution in [0.15, 0.2) is 36.4 Å². The first-order valence-electron chi connectivity index (χ1n) is 6.53. The third kappa shape index (κ3) is 3.18. The van der Waals surface area contributed by atoms with Crippen molar-refractivity contribution in [1.29, 1.82) is 0 Å². The number of rotatable bonds is 5. The van der Waals surface area contributed by atoms with E-state index in [1.807, 2.05) is 30.3 Å². The molecule has 0 aliphatic rings. The van der Waals surface area contributed by atoms with E-state index >= 15 is 0 Å². The predicted molar refractivity (Wildman–Crippen MR) is 79.8 cm³/mol. The van der Waals surface area contributed by atoms with Crippen molar-refractivity contribution in [2.75, 3.05) is 19.0 Å². The molecule has 0 radical (unpaired) electrons. The minimum absolute atomic E-state index is 0.125. The van der Waals surface area contributed by atoms with Crippen molar-refractivity contribution in [2.24, 2.45) is 0 Å². The summed E-state index contributed by atoms with van der Waals surface area (Å²) in [5, 5.41) is 15.2. The maximum atomic E-state index is 9.84. The number of nitrogens with one attached hydrogen (secondary N) is 1. The van der Waals surface area contributed by atoms with Gasteiger partial charge in [-0.2, -0.15) is 0 Å². The number of aromatic hydroxyl groups is 1. The maximum Gasteiger partial charge on any atom is 0.123 e. The van der Waals surface area contributed by atoms with Crippen molar-refractivity contribution in [2.45, 2.75) is 25.9 Å². The highest BCUT2D eigenvalue weighted by Crippen LogP contribution is 2.29. The third-order valence-electron chi connectivity index (χ3n) is 3.49. The Hall–Kier alpha value is -1.74. The van der Waals surface area contributed by atoms with E-state index in [0.717, 1.165) is 29.4 Å². The minimum atomic E-state index is -0.125. The summed E-state index contributed by atoms with van der Waals surface area (Å²) in [7, 11) is 1.73. The third-order valence-corrected chi connectivity index (χ3v) is 3.49. The van der Waals surface area contributed by atoms with E-state index in [1.54, 1.807) is 13.2 Å². The van der Waals surface area contributed by atoms with Gasteiger partial charge in [-0.25, -0.2) is 0 Å². The number of methoxy groups -OCH3 is 1. The lowest BCUT2D eigenvalue weighted by Gasteiger charge is -2.23. The molecular weight excluding hydrogens is 238 g/mol. The molecule has 0 atom stereocenters. The molecule has 0 unspecified atom stereocenters. The number of hydrogen-bond acceptors (Lipinski definition) is 3. The number of ether oxygens (including phenoxy) is 1. The number of phenolic OH excluding ortho intramolecular Hbond substituents is 1. The Balaban J connectivity index is 2.15. The fraction of sp³-hybridized carbons (Fsp3) is 0.375. The van der Waals surface area contributed by atoms with Gasteiger partial charge in [0.15, 0.2) is 0 Å². The van der Waals surface area contributed by atoms with Crippen LogP contribution in [0.1, 0.15) is 20.3 Å². The molecule has 0 fully saturated rings. The van der Waals surface area contributed by atoms with Crippen LogP contribution in [0, 0.1) is 0 Å². The normalized spacial score (nSPS) is 11.7. The summed E-state index contributed by atoms with van der Waals surface area (Å²) >= 11 is 0. The highest BCUT2D eigenvalue weighted by atomic mass is 16.5. The first-order chi connectivity index (χ1) is 9.03. The average Bonchev–Trinajstić information content (AvgIpc) is 2.40. The number of fused-ring (bicyclic) bond motifs is 1. The number of hydrogen-bond donors (Lipinski definition) is 2. The Morgan fingerprint density at radius 3 is 2.53 bits per heavy atom. The maximum absolute atomic E-state index is 9.84. The molecule has 0 amide bonds. The molecular formula is C16H21NO2. The molecule has 19 heavy (non-hydrogen) atoms. The van der Waals surface area contributed by atoms with E-state index in [0.29, 0.717) is 5.75 Å². The zero-order valence-corrected chi connectivity index (χ0v) is 11.7. The summed E-state index contributed by atoms with van der Waals surface area (Å²) in [6, 6.07) is 11.5. The molecule has 2 rings (SSSR count). The predicted octanol–water partition coefficient (Wildman–Crippen LogP) is 3.77. The topological polar surface area (TPSA) is 41.5 Å². The van der Waals surface area contributed by atoms with Gasteiger partial charge in [0.25, 0.3) is 0 Å². The number of benzene rings is 2. The Labute approximate surface area is 114 Å². The second-order valence-electron chi connectivity index (χ2n) is 5.32. The van der Waals surface area contributed by atoms with E-state index in [1.165, 1.54) is 0 Å². The number of phenols is 1. The molecule has 0 spiro atoms. The molecule has 0 saturated carbocycles. The first-order valence-corrected chi connectivity index (χ1v) is 6.53. The van der Waals surface area contributed by atoms with Crippen molar-refractivity contribution in [3.63, 3.8) is 0 Å². The van der Waals surface area contributed by atoms with Crippen molar-refractivity contribution < 1.29 is 9.84 Å². The van der Waals surface area contributed by atoms with E-state index in [9.17, 15) is 5.11 Å². The fourth-order valence-electron chi connectivity index (χ4n) is 2.05. The summed E-state index contributed by atoms with van der Waals surface area (Å²) in [5.74, 6) is 0.318. The zero-order valence-electron chi connectivity index (χ0n) is 11.7. The average molecular weight is 259 g/mol. The molecule has 3 nitrogen and oxygen atoms in total. The monoisotopic (exact) mass is 259 g/mol. The molecule has 2 N–H and O–H groups in total. The van der Waals surface area contributed by atoms with Crippen molar-refractivity contribution in [3.8, 4) is 5.75 Å². The summed E-state index contributed by atoms with van der Waals surface area (Å²) < 4.78 is 5.40. The largest absolute Gasteiger partial charge is 0.507 e. The molecule has 0 heterocycles. The zero-order chi connectivity index (χ0) is 13.9. The summed E-state index contributed by atoms with van der Waals surface area (Å²) in [6.07, 6.45) is 0.915. The van der Waals surface area contributed by atoms with E-state index in [2.05, 4.69) is 19.2 Å². The Morgan fingerprint density at radius 1 is 1.11 bits per heavy atom. The van der Waals surface area contributed by atoms with Gasteiger partial charge in [-0.1, -0.05) is 24.3 Å².